The average molecular weight is 346 g/mol. The van der Waals surface area contributed by atoms with Crippen LogP contribution in [0.25, 0.3) is 0 Å². The van der Waals surface area contributed by atoms with Crippen LogP contribution in [0, 0.1) is 0 Å². The quantitative estimate of drug-likeness (QED) is 0.593. The molecule has 1 saturated heterocycles. The second kappa shape index (κ2) is 11.5. The molecule has 1 aromatic carbocycles. The first-order valence-corrected chi connectivity index (χ1v) is 10.5. The smallest absolute Gasteiger partial charge is 0.0366 e. The van der Waals surface area contributed by atoms with Gasteiger partial charge in [-0.25, -0.2) is 0 Å². The summed E-state index contributed by atoms with van der Waals surface area (Å²) in [7, 11) is 2.23. The summed E-state index contributed by atoms with van der Waals surface area (Å²) < 4.78 is 0. The molecule has 0 atom stereocenters. The molecule has 1 fully saturated rings. The Morgan fingerprint density at radius 2 is 1.44 bits per heavy atom. The highest BCUT2D eigenvalue weighted by molar-refractivity contribution is 5.47. The standard InChI is InChI=1S/C22H39N3/c1-4-6-15-25(16-7-5-2)22-12-10-21(11-13-22)9-8-14-24-19-17-23(3)18-20-24/h10-13H,4-9,14-20H2,1-3H3. The van der Waals surface area contributed by atoms with E-state index < -0.39 is 0 Å². The van der Waals surface area contributed by atoms with Gasteiger partial charge in [0.05, 0.1) is 0 Å². The number of unbranched alkanes of at least 4 members (excludes halogenated alkanes) is 2. The molecule has 0 N–H and O–H groups in total. The van der Waals surface area contributed by atoms with E-state index in [1.807, 2.05) is 0 Å². The van der Waals surface area contributed by atoms with E-state index in [1.165, 1.54) is 95.6 Å². The number of hydrogen-bond donors (Lipinski definition) is 0. The van der Waals surface area contributed by atoms with E-state index in [0.717, 1.165) is 0 Å². The molecule has 0 spiro atoms. The molecule has 0 aromatic heterocycles. The van der Waals surface area contributed by atoms with Gasteiger partial charge in [0, 0.05) is 45.0 Å². The number of nitrogens with zero attached hydrogens (tertiary/aromatic N) is 3. The van der Waals surface area contributed by atoms with Gasteiger partial charge >= 0.3 is 0 Å². The van der Waals surface area contributed by atoms with Crippen molar-refractivity contribution in [2.24, 2.45) is 0 Å². The van der Waals surface area contributed by atoms with Gasteiger partial charge in [0.2, 0.25) is 0 Å². The summed E-state index contributed by atoms with van der Waals surface area (Å²) in [5, 5.41) is 0. The Bertz CT molecular complexity index is 441. The maximum Gasteiger partial charge on any atom is 0.0366 e. The van der Waals surface area contributed by atoms with Crippen molar-refractivity contribution in [2.75, 3.05) is 57.8 Å². The third-order valence-electron chi connectivity index (χ3n) is 5.40. The van der Waals surface area contributed by atoms with Crippen molar-refractivity contribution >= 4 is 5.69 Å². The largest absolute Gasteiger partial charge is 0.372 e. The molecular weight excluding hydrogens is 306 g/mol. The SMILES string of the molecule is CCCCN(CCCC)c1ccc(CCCN2CCN(C)CC2)cc1. The Morgan fingerprint density at radius 1 is 0.840 bits per heavy atom. The predicted octanol–water partition coefficient (Wildman–Crippen LogP) is 4.27. The van der Waals surface area contributed by atoms with E-state index in [-0.39, 0.29) is 0 Å². The lowest BCUT2D eigenvalue weighted by Gasteiger charge is -2.32. The Hall–Kier alpha value is -1.06. The van der Waals surface area contributed by atoms with E-state index >= 15 is 0 Å². The summed E-state index contributed by atoms with van der Waals surface area (Å²) in [6, 6.07) is 9.39. The van der Waals surface area contributed by atoms with Gasteiger partial charge in [-0.15, -0.1) is 0 Å². The summed E-state index contributed by atoms with van der Waals surface area (Å²) in [5.41, 5.74) is 2.90. The van der Waals surface area contributed by atoms with Crippen LogP contribution in [0.1, 0.15) is 51.5 Å². The minimum atomic E-state index is 1.19. The van der Waals surface area contributed by atoms with Gasteiger partial charge < -0.3 is 14.7 Å². The van der Waals surface area contributed by atoms with Crippen LogP contribution in [0.2, 0.25) is 0 Å². The van der Waals surface area contributed by atoms with Crippen molar-refractivity contribution in [3.05, 3.63) is 29.8 Å². The Balaban J connectivity index is 1.77. The van der Waals surface area contributed by atoms with Crippen LogP contribution in [0.5, 0.6) is 0 Å². The Labute approximate surface area is 156 Å². The third-order valence-corrected chi connectivity index (χ3v) is 5.40. The summed E-state index contributed by atoms with van der Waals surface area (Å²) in [5.74, 6) is 0. The first kappa shape index (κ1) is 20.3. The molecule has 2 rings (SSSR count). The van der Waals surface area contributed by atoms with Gasteiger partial charge in [0.25, 0.3) is 0 Å². The van der Waals surface area contributed by atoms with E-state index in [9.17, 15) is 0 Å². The van der Waals surface area contributed by atoms with E-state index in [4.69, 9.17) is 0 Å². The van der Waals surface area contributed by atoms with Gasteiger partial charge in [-0.05, 0) is 57.0 Å². The molecule has 0 saturated carbocycles. The fraction of sp³-hybridized carbons (Fsp3) is 0.727. The monoisotopic (exact) mass is 345 g/mol. The van der Waals surface area contributed by atoms with Gasteiger partial charge in [-0.3, -0.25) is 0 Å². The van der Waals surface area contributed by atoms with Gasteiger partial charge in [-0.1, -0.05) is 38.8 Å². The molecule has 3 heteroatoms. The molecule has 0 bridgehead atoms. The second-order valence-corrected chi connectivity index (χ2v) is 7.61. The number of anilines is 1. The number of piperazine rings is 1. The lowest BCUT2D eigenvalue weighted by atomic mass is 10.1. The fourth-order valence-electron chi connectivity index (χ4n) is 3.52. The molecule has 1 heterocycles. The van der Waals surface area contributed by atoms with Crippen molar-refractivity contribution < 1.29 is 0 Å². The summed E-state index contributed by atoms with van der Waals surface area (Å²) in [6.45, 7) is 13.1. The summed E-state index contributed by atoms with van der Waals surface area (Å²) in [4.78, 5) is 7.62. The van der Waals surface area contributed by atoms with Crippen molar-refractivity contribution in [2.45, 2.75) is 52.4 Å². The Morgan fingerprint density at radius 3 is 2.00 bits per heavy atom. The van der Waals surface area contributed by atoms with Crippen LogP contribution in [-0.4, -0.2) is 62.7 Å². The highest BCUT2D eigenvalue weighted by Gasteiger charge is 2.13. The Kier molecular flexibility index (Phi) is 9.35. The molecule has 0 unspecified atom stereocenters. The molecule has 25 heavy (non-hydrogen) atoms. The number of aryl methyl sites for hydroxylation is 1. The van der Waals surface area contributed by atoms with Crippen LogP contribution >= 0.6 is 0 Å². The fourth-order valence-corrected chi connectivity index (χ4v) is 3.52. The van der Waals surface area contributed by atoms with Crippen LogP contribution in [0.15, 0.2) is 24.3 Å². The van der Waals surface area contributed by atoms with Crippen molar-refractivity contribution in [3.63, 3.8) is 0 Å². The number of benzene rings is 1. The van der Waals surface area contributed by atoms with Gasteiger partial charge in [0.15, 0.2) is 0 Å². The molecule has 142 valence electrons. The van der Waals surface area contributed by atoms with Crippen LogP contribution in [-0.2, 0) is 6.42 Å². The maximum atomic E-state index is 2.62. The first-order chi connectivity index (χ1) is 12.2. The molecule has 0 radical (unpaired) electrons. The zero-order valence-electron chi connectivity index (χ0n) is 16.8. The van der Waals surface area contributed by atoms with Crippen molar-refractivity contribution in [1.82, 2.24) is 9.80 Å². The van der Waals surface area contributed by atoms with Gasteiger partial charge in [-0.2, -0.15) is 0 Å². The molecule has 1 aliphatic rings. The van der Waals surface area contributed by atoms with Crippen LogP contribution in [0.3, 0.4) is 0 Å². The second-order valence-electron chi connectivity index (χ2n) is 7.61. The van der Waals surface area contributed by atoms with E-state index in [0.29, 0.717) is 0 Å². The van der Waals surface area contributed by atoms with E-state index in [1.54, 1.807) is 0 Å². The maximum absolute atomic E-state index is 2.62. The molecule has 3 nitrogen and oxygen atoms in total. The average Bonchev–Trinajstić information content (AvgIpc) is 2.64. The highest BCUT2D eigenvalue weighted by Crippen LogP contribution is 2.18. The highest BCUT2D eigenvalue weighted by atomic mass is 15.2. The zero-order valence-corrected chi connectivity index (χ0v) is 16.8. The number of rotatable bonds is 11. The van der Waals surface area contributed by atoms with Crippen LogP contribution in [0.4, 0.5) is 5.69 Å². The molecular formula is C22H39N3. The molecule has 1 aromatic rings. The number of hydrogen-bond acceptors (Lipinski definition) is 3. The minimum Gasteiger partial charge on any atom is -0.372 e. The molecule has 0 amide bonds. The zero-order chi connectivity index (χ0) is 17.9. The molecule has 1 aliphatic heterocycles. The predicted molar refractivity (Wildman–Crippen MR) is 111 cm³/mol. The van der Waals surface area contributed by atoms with Crippen molar-refractivity contribution in [1.29, 1.82) is 0 Å². The first-order valence-electron chi connectivity index (χ1n) is 10.5. The minimum absolute atomic E-state index is 1.19. The number of likely N-dealkylation sites (N-methyl/N-ethyl adjacent to an activating group) is 1. The normalized spacial score (nSPS) is 16.3. The van der Waals surface area contributed by atoms with E-state index in [2.05, 4.69) is 59.9 Å². The third kappa shape index (κ3) is 7.37. The van der Waals surface area contributed by atoms with Crippen LogP contribution < -0.4 is 4.90 Å². The van der Waals surface area contributed by atoms with Gasteiger partial charge in [0.1, 0.15) is 0 Å². The topological polar surface area (TPSA) is 9.72 Å². The molecule has 0 aliphatic carbocycles. The summed E-state index contributed by atoms with van der Waals surface area (Å²) in [6.07, 6.45) is 7.60. The lowest BCUT2D eigenvalue weighted by molar-refractivity contribution is 0.153. The summed E-state index contributed by atoms with van der Waals surface area (Å²) >= 11 is 0. The lowest BCUT2D eigenvalue weighted by Crippen LogP contribution is -2.44. The van der Waals surface area contributed by atoms with Crippen molar-refractivity contribution in [3.8, 4) is 0 Å².